The smallest absolute Gasteiger partial charge is 0.361 e. The lowest BCUT2D eigenvalue weighted by molar-refractivity contribution is -0.0935. The maximum Gasteiger partial charge on any atom is 0.361 e. The number of hydrogen-bond donors (Lipinski definition) is 0. The van der Waals surface area contributed by atoms with Gasteiger partial charge in [0.1, 0.15) is 12.7 Å². The number of fused-ring (bicyclic) bond motifs is 6. The van der Waals surface area contributed by atoms with Gasteiger partial charge in [-0.3, -0.25) is 19.1 Å². The van der Waals surface area contributed by atoms with E-state index in [0.717, 1.165) is 61.7 Å². The Bertz CT molecular complexity index is 2730. The highest BCUT2D eigenvalue weighted by Crippen LogP contribution is 2.30. The minimum atomic E-state index is -0.713. The number of aromatic nitrogens is 4. The minimum absolute atomic E-state index is 0.0906. The SMILES string of the molecule is C#Cc1ccc2c(c1)C(c1ccccc1C)=NCc1c(C(=O)OCOCOC(=O)c3ncn4c3CN=C(c3ccccc3C)c3cc(C#CC)ccc3-4)ncn1-2. The fourth-order valence-corrected chi connectivity index (χ4v) is 6.97. The fourth-order valence-electron chi connectivity index (χ4n) is 6.97. The Morgan fingerprint density at radius 1 is 0.679 bits per heavy atom. The molecule has 4 aromatic carbocycles. The van der Waals surface area contributed by atoms with Crippen LogP contribution in [-0.4, -0.2) is 56.1 Å². The maximum atomic E-state index is 13.3. The minimum Gasteiger partial charge on any atom is -0.434 e. The van der Waals surface area contributed by atoms with E-state index in [2.05, 4.69) is 27.7 Å². The number of ether oxygens (including phenoxy) is 3. The van der Waals surface area contributed by atoms with Gasteiger partial charge in [-0.2, -0.15) is 0 Å². The zero-order chi connectivity index (χ0) is 38.8. The molecule has 0 atom stereocenters. The van der Waals surface area contributed by atoms with Crippen LogP contribution in [0.4, 0.5) is 0 Å². The van der Waals surface area contributed by atoms with E-state index in [1.165, 1.54) is 0 Å². The van der Waals surface area contributed by atoms with Crippen LogP contribution >= 0.6 is 0 Å². The highest BCUT2D eigenvalue weighted by atomic mass is 16.8. The summed E-state index contributed by atoms with van der Waals surface area (Å²) in [5, 5.41) is 0. The van der Waals surface area contributed by atoms with Crippen LogP contribution < -0.4 is 0 Å². The Morgan fingerprint density at radius 2 is 1.16 bits per heavy atom. The van der Waals surface area contributed by atoms with Crippen molar-refractivity contribution in [1.29, 1.82) is 0 Å². The number of imidazole rings is 2. The largest absolute Gasteiger partial charge is 0.434 e. The van der Waals surface area contributed by atoms with Crippen molar-refractivity contribution in [3.63, 3.8) is 0 Å². The van der Waals surface area contributed by atoms with Gasteiger partial charge in [-0.1, -0.05) is 60.4 Å². The summed E-state index contributed by atoms with van der Waals surface area (Å²) in [7, 11) is 0. The van der Waals surface area contributed by atoms with Crippen LogP contribution in [0.2, 0.25) is 0 Å². The van der Waals surface area contributed by atoms with Gasteiger partial charge in [0.2, 0.25) is 0 Å². The lowest BCUT2D eigenvalue weighted by atomic mass is 9.95. The maximum absolute atomic E-state index is 13.3. The van der Waals surface area contributed by atoms with Gasteiger partial charge in [0, 0.05) is 33.4 Å². The van der Waals surface area contributed by atoms with Gasteiger partial charge in [-0.05, 0) is 68.3 Å². The second-order valence-corrected chi connectivity index (χ2v) is 13.1. The summed E-state index contributed by atoms with van der Waals surface area (Å²) in [6.45, 7) is 5.23. The van der Waals surface area contributed by atoms with E-state index in [1.54, 1.807) is 19.6 Å². The summed E-state index contributed by atoms with van der Waals surface area (Å²) < 4.78 is 19.9. The number of carbonyl (C=O) groups is 2. The Balaban J connectivity index is 0.956. The van der Waals surface area contributed by atoms with E-state index in [9.17, 15) is 9.59 Å². The second-order valence-electron chi connectivity index (χ2n) is 13.1. The predicted molar refractivity (Wildman–Crippen MR) is 210 cm³/mol. The molecular weight excluding hydrogens is 705 g/mol. The first-order chi connectivity index (χ1) is 27.4. The first kappa shape index (κ1) is 35.7. The lowest BCUT2D eigenvalue weighted by Crippen LogP contribution is -2.16. The van der Waals surface area contributed by atoms with E-state index >= 15 is 0 Å². The number of carbonyl (C=O) groups excluding carboxylic acids is 2. The molecule has 56 heavy (non-hydrogen) atoms. The van der Waals surface area contributed by atoms with Crippen molar-refractivity contribution in [3.05, 3.63) is 165 Å². The molecule has 0 saturated carbocycles. The monoisotopic (exact) mass is 738 g/mol. The first-order valence-electron chi connectivity index (χ1n) is 17.8. The van der Waals surface area contributed by atoms with Gasteiger partial charge in [0.15, 0.2) is 25.0 Å². The molecule has 0 aliphatic carbocycles. The molecule has 2 aliphatic rings. The second kappa shape index (κ2) is 15.2. The molecule has 4 heterocycles. The molecule has 0 unspecified atom stereocenters. The molecule has 0 N–H and O–H groups in total. The quantitative estimate of drug-likeness (QED) is 0.0740. The van der Waals surface area contributed by atoms with Crippen LogP contribution in [0.1, 0.15) is 83.8 Å². The molecule has 2 aromatic heterocycles. The van der Waals surface area contributed by atoms with Gasteiger partial charge < -0.3 is 14.2 Å². The Kier molecular flexibility index (Phi) is 9.68. The van der Waals surface area contributed by atoms with Crippen LogP contribution in [0.25, 0.3) is 11.4 Å². The number of nitrogens with zero attached hydrogens (tertiary/aromatic N) is 6. The molecule has 0 bridgehead atoms. The normalized spacial score (nSPS) is 12.5. The van der Waals surface area contributed by atoms with Crippen LogP contribution in [0.5, 0.6) is 0 Å². The molecule has 0 amide bonds. The summed E-state index contributed by atoms with van der Waals surface area (Å²) in [5.41, 5.74) is 11.8. The molecule has 6 aromatic rings. The predicted octanol–water partition coefficient (Wildman–Crippen LogP) is 6.67. The number of benzene rings is 4. The number of aliphatic imine (C=N–C) groups is 2. The third-order valence-corrected chi connectivity index (χ3v) is 9.70. The Labute approximate surface area is 323 Å². The van der Waals surface area contributed by atoms with Gasteiger partial charge in [0.05, 0.1) is 47.3 Å². The third-order valence-electron chi connectivity index (χ3n) is 9.70. The van der Waals surface area contributed by atoms with Gasteiger partial charge in [-0.25, -0.2) is 19.6 Å². The van der Waals surface area contributed by atoms with Crippen LogP contribution in [0.15, 0.2) is 108 Å². The molecule has 2 aliphatic heterocycles. The topological polar surface area (TPSA) is 122 Å². The zero-order valence-corrected chi connectivity index (χ0v) is 30.9. The summed E-state index contributed by atoms with van der Waals surface area (Å²) in [4.78, 5) is 45.3. The van der Waals surface area contributed by atoms with Crippen molar-refractivity contribution in [2.45, 2.75) is 33.9 Å². The van der Waals surface area contributed by atoms with Crippen molar-refractivity contribution in [2.24, 2.45) is 9.98 Å². The molecule has 0 spiro atoms. The Hall–Kier alpha value is -7.34. The van der Waals surface area contributed by atoms with Crippen molar-refractivity contribution in [2.75, 3.05) is 13.6 Å². The lowest BCUT2D eigenvalue weighted by Gasteiger charge is -2.14. The molecule has 0 radical (unpaired) electrons. The summed E-state index contributed by atoms with van der Waals surface area (Å²) in [6, 6.07) is 27.5. The molecule has 0 saturated heterocycles. The summed E-state index contributed by atoms with van der Waals surface area (Å²) in [6.07, 6.45) is 8.90. The van der Waals surface area contributed by atoms with Crippen molar-refractivity contribution >= 4 is 23.4 Å². The van der Waals surface area contributed by atoms with Gasteiger partial charge in [-0.15, -0.1) is 12.3 Å². The van der Waals surface area contributed by atoms with E-state index in [4.69, 9.17) is 30.6 Å². The van der Waals surface area contributed by atoms with Crippen LogP contribution in [0, 0.1) is 38.0 Å². The molecular formula is C45H34N6O5. The number of hydrogen-bond acceptors (Lipinski definition) is 9. The van der Waals surface area contributed by atoms with Crippen molar-refractivity contribution in [3.8, 4) is 35.6 Å². The molecule has 8 rings (SSSR count). The van der Waals surface area contributed by atoms with E-state index in [0.29, 0.717) is 17.0 Å². The number of aryl methyl sites for hydroxylation is 2. The van der Waals surface area contributed by atoms with Crippen molar-refractivity contribution < 1.29 is 23.8 Å². The highest BCUT2D eigenvalue weighted by Gasteiger charge is 2.28. The van der Waals surface area contributed by atoms with Gasteiger partial charge in [0.25, 0.3) is 0 Å². The Morgan fingerprint density at radius 3 is 1.64 bits per heavy atom. The molecule has 274 valence electrons. The number of esters is 2. The molecule has 11 nitrogen and oxygen atoms in total. The number of rotatable bonds is 8. The highest BCUT2D eigenvalue weighted by molar-refractivity contribution is 6.17. The molecule has 11 heteroatoms. The fraction of sp³-hybridized carbons (Fsp3) is 0.156. The summed E-state index contributed by atoms with van der Waals surface area (Å²) in [5.74, 6) is 7.37. The van der Waals surface area contributed by atoms with Crippen molar-refractivity contribution in [1.82, 2.24) is 19.1 Å². The summed E-state index contributed by atoms with van der Waals surface area (Å²) >= 11 is 0. The van der Waals surface area contributed by atoms with E-state index in [1.807, 2.05) is 108 Å². The average molecular weight is 739 g/mol. The third kappa shape index (κ3) is 6.57. The van der Waals surface area contributed by atoms with Gasteiger partial charge >= 0.3 is 11.9 Å². The van der Waals surface area contributed by atoms with Crippen LogP contribution in [0.3, 0.4) is 0 Å². The van der Waals surface area contributed by atoms with E-state index < -0.39 is 25.5 Å². The van der Waals surface area contributed by atoms with E-state index in [-0.39, 0.29) is 24.5 Å². The van der Waals surface area contributed by atoms with Crippen LogP contribution in [-0.2, 0) is 27.3 Å². The number of terminal acetylenes is 1. The average Bonchev–Trinajstić information content (AvgIpc) is 3.75. The first-order valence-corrected chi connectivity index (χ1v) is 17.8. The molecule has 0 fully saturated rings. The standard InChI is InChI=1S/C45H34N6O5/c1-5-11-31-17-19-37-35(21-31)41(33-15-10-8-13-29(33)4)47-23-39-43(49-25-51(37)39)45(53)56-27-54-26-55-44(52)42-38-22-46-40(32-14-9-7-12-28(32)3)34-20-30(6-2)16-18-36(34)50(38)24-48-42/h2,7-10,12-21,24-25H,22-23,26-27H2,1,3-4H3. The zero-order valence-electron chi connectivity index (χ0n) is 30.9.